The highest BCUT2D eigenvalue weighted by atomic mass is 16.5. The Kier molecular flexibility index (Phi) is 6.53. The normalized spacial score (nSPS) is 22.4. The van der Waals surface area contributed by atoms with Crippen molar-refractivity contribution in [2.24, 2.45) is 5.41 Å². The molecule has 1 aliphatic rings. The van der Waals surface area contributed by atoms with Gasteiger partial charge in [0.1, 0.15) is 5.75 Å². The molecular formula is C24H30O5. The fraction of sp³-hybridized carbons (Fsp3) is 0.417. The first-order valence-electron chi connectivity index (χ1n) is 9.53. The first-order valence-corrected chi connectivity index (χ1v) is 9.53. The summed E-state index contributed by atoms with van der Waals surface area (Å²) in [6, 6.07) is 3.63. The molecule has 0 fully saturated rings. The lowest BCUT2D eigenvalue weighted by Gasteiger charge is -2.41. The molecule has 0 bridgehead atoms. The van der Waals surface area contributed by atoms with E-state index in [1.807, 2.05) is 45.9 Å². The van der Waals surface area contributed by atoms with Gasteiger partial charge in [-0.1, -0.05) is 11.6 Å². The van der Waals surface area contributed by atoms with Gasteiger partial charge < -0.3 is 14.6 Å². The summed E-state index contributed by atoms with van der Waals surface area (Å²) < 4.78 is 11.1. The third-order valence-corrected chi connectivity index (χ3v) is 6.06. The van der Waals surface area contributed by atoms with Gasteiger partial charge >= 0.3 is 5.97 Å². The average Bonchev–Trinajstić information content (AvgIpc) is 2.64. The van der Waals surface area contributed by atoms with Gasteiger partial charge in [-0.3, -0.25) is 4.79 Å². The number of benzene rings is 1. The minimum Gasteiger partial charge on any atom is -0.496 e. The Morgan fingerprint density at radius 2 is 1.62 bits per heavy atom. The monoisotopic (exact) mass is 398 g/mol. The minimum absolute atomic E-state index is 0.119. The Bertz CT molecular complexity index is 925. The SMILES string of the molecule is COc1c(C)cc(C(=O)C=CC2(C)C(C)=C(C)C(C(=O)O)=C(C)C2OC)cc1C. The highest BCUT2D eigenvalue weighted by Crippen LogP contribution is 2.45. The molecule has 2 rings (SSSR count). The lowest BCUT2D eigenvalue weighted by Crippen LogP contribution is -2.39. The van der Waals surface area contributed by atoms with Crippen LogP contribution >= 0.6 is 0 Å². The number of carboxylic acid groups (broad SMARTS) is 1. The second-order valence-corrected chi connectivity index (χ2v) is 7.85. The molecular weight excluding hydrogens is 368 g/mol. The van der Waals surface area contributed by atoms with Crippen LogP contribution in [0.25, 0.3) is 0 Å². The van der Waals surface area contributed by atoms with E-state index in [1.54, 1.807) is 34.1 Å². The summed E-state index contributed by atoms with van der Waals surface area (Å²) in [6.07, 6.45) is 2.92. The number of carbonyl (C=O) groups excluding carboxylic acids is 1. The van der Waals surface area contributed by atoms with Gasteiger partial charge in [0.15, 0.2) is 5.78 Å². The average molecular weight is 398 g/mol. The summed E-state index contributed by atoms with van der Waals surface area (Å²) in [6.45, 7) is 11.3. The van der Waals surface area contributed by atoms with Crippen molar-refractivity contribution >= 4 is 11.8 Å². The third-order valence-electron chi connectivity index (χ3n) is 6.06. The fourth-order valence-electron chi connectivity index (χ4n) is 4.39. The van der Waals surface area contributed by atoms with E-state index in [4.69, 9.17) is 9.47 Å². The first-order chi connectivity index (χ1) is 13.5. The van der Waals surface area contributed by atoms with Gasteiger partial charge in [-0.15, -0.1) is 0 Å². The maximum absolute atomic E-state index is 12.9. The molecule has 0 aromatic heterocycles. The van der Waals surface area contributed by atoms with Gasteiger partial charge in [-0.25, -0.2) is 4.79 Å². The van der Waals surface area contributed by atoms with Gasteiger partial charge in [0, 0.05) is 18.1 Å². The lowest BCUT2D eigenvalue weighted by atomic mass is 9.67. The number of carboxylic acids is 1. The van der Waals surface area contributed by atoms with Crippen molar-refractivity contribution in [3.05, 3.63) is 63.3 Å². The van der Waals surface area contributed by atoms with Crippen molar-refractivity contribution in [3.63, 3.8) is 0 Å². The molecule has 0 saturated carbocycles. The van der Waals surface area contributed by atoms with Crippen LogP contribution in [-0.4, -0.2) is 37.2 Å². The molecule has 2 unspecified atom stereocenters. The number of ketones is 1. The Morgan fingerprint density at radius 1 is 1.07 bits per heavy atom. The molecule has 0 heterocycles. The number of hydrogen-bond acceptors (Lipinski definition) is 4. The van der Waals surface area contributed by atoms with Crippen LogP contribution in [0, 0.1) is 19.3 Å². The molecule has 29 heavy (non-hydrogen) atoms. The molecule has 0 saturated heterocycles. The van der Waals surface area contributed by atoms with Crippen molar-refractivity contribution in [2.75, 3.05) is 14.2 Å². The van der Waals surface area contributed by atoms with E-state index < -0.39 is 17.5 Å². The van der Waals surface area contributed by atoms with Gasteiger partial charge in [0.05, 0.1) is 18.8 Å². The summed E-state index contributed by atoms with van der Waals surface area (Å²) in [4.78, 5) is 24.6. The quantitative estimate of drug-likeness (QED) is 0.549. The van der Waals surface area contributed by atoms with E-state index >= 15 is 0 Å². The molecule has 0 aliphatic heterocycles. The van der Waals surface area contributed by atoms with E-state index in [0.29, 0.717) is 16.7 Å². The van der Waals surface area contributed by atoms with E-state index in [-0.39, 0.29) is 11.4 Å². The lowest BCUT2D eigenvalue weighted by molar-refractivity contribution is -0.132. The molecule has 156 valence electrons. The Balaban J connectivity index is 2.48. The zero-order valence-corrected chi connectivity index (χ0v) is 18.5. The van der Waals surface area contributed by atoms with Crippen molar-refractivity contribution in [1.29, 1.82) is 0 Å². The van der Waals surface area contributed by atoms with E-state index in [0.717, 1.165) is 22.4 Å². The molecule has 1 aromatic carbocycles. The molecule has 0 radical (unpaired) electrons. The maximum Gasteiger partial charge on any atom is 0.335 e. The standard InChI is InChI=1S/C24H30O5/c1-13-11-18(12-14(2)21(13)28-7)19(25)9-10-24(6)17(5)15(3)20(23(26)27)16(4)22(24)29-8/h9-12,22H,1-8H3,(H,26,27). The zero-order valence-electron chi connectivity index (χ0n) is 18.5. The predicted molar refractivity (Wildman–Crippen MR) is 114 cm³/mol. The predicted octanol–water partition coefficient (Wildman–Crippen LogP) is 4.82. The minimum atomic E-state index is -0.965. The largest absolute Gasteiger partial charge is 0.496 e. The molecule has 1 aliphatic carbocycles. The highest BCUT2D eigenvalue weighted by Gasteiger charge is 2.42. The number of ether oxygens (including phenoxy) is 2. The number of carbonyl (C=O) groups is 2. The van der Waals surface area contributed by atoms with Crippen LogP contribution in [0.3, 0.4) is 0 Å². The molecule has 5 heteroatoms. The first kappa shape index (κ1) is 22.6. The van der Waals surface area contributed by atoms with Crippen molar-refractivity contribution in [1.82, 2.24) is 0 Å². The van der Waals surface area contributed by atoms with Crippen LogP contribution in [0.15, 0.2) is 46.6 Å². The summed E-state index contributed by atoms with van der Waals surface area (Å²) in [7, 11) is 3.18. The summed E-state index contributed by atoms with van der Waals surface area (Å²) in [5.74, 6) is -0.306. The number of rotatable bonds is 6. The van der Waals surface area contributed by atoms with Crippen LogP contribution in [0.1, 0.15) is 49.2 Å². The smallest absolute Gasteiger partial charge is 0.335 e. The van der Waals surface area contributed by atoms with E-state index in [9.17, 15) is 14.7 Å². The van der Waals surface area contributed by atoms with Crippen molar-refractivity contribution in [3.8, 4) is 5.75 Å². The molecule has 5 nitrogen and oxygen atoms in total. The van der Waals surface area contributed by atoms with Crippen LogP contribution in [0.5, 0.6) is 5.75 Å². The van der Waals surface area contributed by atoms with Crippen molar-refractivity contribution < 1.29 is 24.2 Å². The van der Waals surface area contributed by atoms with E-state index in [2.05, 4.69) is 0 Å². The summed E-state index contributed by atoms with van der Waals surface area (Å²) >= 11 is 0. The topological polar surface area (TPSA) is 72.8 Å². The van der Waals surface area contributed by atoms with Crippen LogP contribution in [-0.2, 0) is 9.53 Å². The zero-order chi connectivity index (χ0) is 22.1. The Hall–Kier alpha value is -2.66. The maximum atomic E-state index is 12.9. The Labute approximate surface area is 172 Å². The van der Waals surface area contributed by atoms with Gasteiger partial charge in [0.25, 0.3) is 0 Å². The van der Waals surface area contributed by atoms with Gasteiger partial charge in [-0.05, 0) is 82.0 Å². The number of aliphatic carboxylic acids is 1. The van der Waals surface area contributed by atoms with Crippen LogP contribution in [0.2, 0.25) is 0 Å². The molecule has 2 atom stereocenters. The Morgan fingerprint density at radius 3 is 2.07 bits per heavy atom. The summed E-state index contributed by atoms with van der Waals surface area (Å²) in [5, 5.41) is 9.61. The molecule has 1 N–H and O–H groups in total. The number of allylic oxidation sites excluding steroid dienone is 1. The van der Waals surface area contributed by atoms with Crippen LogP contribution in [0.4, 0.5) is 0 Å². The van der Waals surface area contributed by atoms with Gasteiger partial charge in [-0.2, -0.15) is 0 Å². The number of methoxy groups -OCH3 is 2. The van der Waals surface area contributed by atoms with Crippen molar-refractivity contribution in [2.45, 2.75) is 47.6 Å². The van der Waals surface area contributed by atoms with E-state index in [1.165, 1.54) is 0 Å². The second-order valence-electron chi connectivity index (χ2n) is 7.85. The molecule has 0 amide bonds. The fourth-order valence-corrected chi connectivity index (χ4v) is 4.39. The highest BCUT2D eigenvalue weighted by molar-refractivity contribution is 6.05. The van der Waals surface area contributed by atoms with Crippen LogP contribution < -0.4 is 4.74 Å². The number of hydrogen-bond donors (Lipinski definition) is 1. The summed E-state index contributed by atoms with van der Waals surface area (Å²) in [5.41, 5.74) is 4.28. The second kappa shape index (κ2) is 8.37. The molecule has 1 aromatic rings. The number of aryl methyl sites for hydroxylation is 2. The molecule has 0 spiro atoms. The van der Waals surface area contributed by atoms with Gasteiger partial charge in [0.2, 0.25) is 0 Å². The third kappa shape index (κ3) is 3.92.